The second-order valence-corrected chi connectivity index (χ2v) is 24.2. The van der Waals surface area contributed by atoms with Crippen molar-refractivity contribution in [3.8, 4) is 0 Å². The number of carbonyl (C=O) groups is 4. The second-order valence-electron chi connectivity index (χ2n) is 23.0. The Balaban J connectivity index is 1.20. The number of hydrogen-bond acceptors (Lipinski definition) is 20. The van der Waals surface area contributed by atoms with E-state index in [1.54, 1.807) is 45.3 Å². The van der Waals surface area contributed by atoms with Gasteiger partial charge in [-0.05, 0) is 120 Å². The Hall–Kier alpha value is -3.94. The Labute approximate surface area is 463 Å². The zero-order valence-corrected chi connectivity index (χ0v) is 49.2. The molecule has 4 aliphatic rings. The first-order valence-electron chi connectivity index (χ1n) is 27.6. The van der Waals surface area contributed by atoms with E-state index in [4.69, 9.17) is 42.6 Å². The lowest BCUT2D eigenvalue weighted by Crippen LogP contribution is -2.61. The number of aliphatic hydroxyl groups is 2. The van der Waals surface area contributed by atoms with Crippen LogP contribution in [0.3, 0.4) is 0 Å². The molecule has 0 unspecified atom stereocenters. The molecule has 4 fully saturated rings. The van der Waals surface area contributed by atoms with E-state index < -0.39 is 119 Å². The molecule has 78 heavy (non-hydrogen) atoms. The maximum absolute atomic E-state index is 14.8. The summed E-state index contributed by atoms with van der Waals surface area (Å²) in [4.78, 5) is 70.7. The van der Waals surface area contributed by atoms with Crippen molar-refractivity contribution >= 4 is 46.7 Å². The number of fused-ring (bicyclic) bond motifs is 2. The molecule has 0 saturated carbocycles. The van der Waals surface area contributed by atoms with Crippen molar-refractivity contribution in [1.82, 2.24) is 19.7 Å². The number of aromatic carboxylic acids is 1. The maximum Gasteiger partial charge on any atom is 0.509 e. The lowest BCUT2D eigenvalue weighted by molar-refractivity contribution is -0.318. The molecular weight excluding hydrogens is 1030 g/mol. The highest BCUT2D eigenvalue weighted by atomic mass is 32.2. The number of likely N-dealkylation sites (N-methyl/N-ethyl adjacent to an activating group) is 2. The number of methoxy groups -OCH3 is 1. The van der Waals surface area contributed by atoms with Crippen molar-refractivity contribution < 1.29 is 77.1 Å². The van der Waals surface area contributed by atoms with Crippen molar-refractivity contribution in [3.05, 3.63) is 40.2 Å². The summed E-state index contributed by atoms with van der Waals surface area (Å²) in [5, 5.41) is 37.8. The fourth-order valence-corrected chi connectivity index (χ4v) is 13.0. The number of carbonyl (C=O) groups excluding carboxylic acids is 3. The number of esters is 2. The number of nitrogens with one attached hydrogen (secondary N) is 1. The Morgan fingerprint density at radius 2 is 1.67 bits per heavy atom. The summed E-state index contributed by atoms with van der Waals surface area (Å²) in [5.41, 5.74) is -4.30. The van der Waals surface area contributed by atoms with Gasteiger partial charge in [-0.15, -0.1) is 11.8 Å². The molecule has 2 aromatic rings. The number of hydrogen-bond donors (Lipinski definition) is 4. The van der Waals surface area contributed by atoms with E-state index in [1.165, 1.54) is 25.1 Å². The van der Waals surface area contributed by atoms with E-state index in [9.17, 15) is 39.3 Å². The Morgan fingerprint density at radius 1 is 0.962 bits per heavy atom. The van der Waals surface area contributed by atoms with E-state index in [1.807, 2.05) is 84.6 Å². The van der Waals surface area contributed by atoms with E-state index >= 15 is 0 Å². The molecule has 0 spiro atoms. The maximum atomic E-state index is 14.8. The van der Waals surface area contributed by atoms with Gasteiger partial charge in [0.25, 0.3) is 0 Å². The molecular formula is C56H88N4O17S. The van der Waals surface area contributed by atoms with Gasteiger partial charge in [-0.25, -0.2) is 9.59 Å². The van der Waals surface area contributed by atoms with E-state index in [2.05, 4.69) is 5.32 Å². The molecule has 4 aliphatic heterocycles. The van der Waals surface area contributed by atoms with Gasteiger partial charge in [0.1, 0.15) is 23.4 Å². The number of aliphatic hydroxyl groups excluding tert-OH is 1. The number of pyridine rings is 1. The molecule has 0 amide bonds. The number of rotatable bonds is 17. The van der Waals surface area contributed by atoms with Crippen molar-refractivity contribution in [2.24, 2.45) is 17.8 Å². The van der Waals surface area contributed by atoms with Crippen LogP contribution >= 0.6 is 11.8 Å². The van der Waals surface area contributed by atoms with Gasteiger partial charge in [-0.2, -0.15) is 0 Å². The zero-order valence-electron chi connectivity index (χ0n) is 48.3. The van der Waals surface area contributed by atoms with Gasteiger partial charge in [0.05, 0.1) is 47.9 Å². The minimum atomic E-state index is -1.63. The third-order valence-corrected chi connectivity index (χ3v) is 17.6. The number of aryl methyl sites for hydroxylation is 1. The molecule has 0 bridgehead atoms. The van der Waals surface area contributed by atoms with Gasteiger partial charge in [0.2, 0.25) is 5.43 Å². The largest absolute Gasteiger partial charge is 0.509 e. The third kappa shape index (κ3) is 14.2. The minimum absolute atomic E-state index is 0.0315. The monoisotopic (exact) mass is 1120 g/mol. The van der Waals surface area contributed by atoms with Gasteiger partial charge in [0, 0.05) is 79.9 Å². The highest BCUT2D eigenvalue weighted by Gasteiger charge is 2.58. The smallest absolute Gasteiger partial charge is 0.477 e. The predicted octanol–water partition coefficient (Wildman–Crippen LogP) is 5.44. The lowest BCUT2D eigenvalue weighted by atomic mass is 9.77. The van der Waals surface area contributed by atoms with Gasteiger partial charge < -0.3 is 72.7 Å². The average molecular weight is 1120 g/mol. The SMILES string of the molecule is CC[C@H]1OC(=O)[C@H](C)[C@@H](O[C@H]2C[C@@](C)(OC)[C@@H](OC(=O)CCNCCSc3ccc4c(c3)c(=O)c(C(=O)O)cn4CC)[C@H](C)O2)[C@H](C)[C@H](O[C@@H]2O[C@H](C)C[C@H](N(C)C)[C@H]2O)[C@](C)(O)C[C@@H](C)CN(C)[C@H](C)[C@H]2OC(=O)O[C@]21C. The second kappa shape index (κ2) is 26.3. The highest BCUT2D eigenvalue weighted by molar-refractivity contribution is 7.99. The first-order chi connectivity index (χ1) is 36.6. The highest BCUT2D eigenvalue weighted by Crippen LogP contribution is 2.42. The van der Waals surface area contributed by atoms with Crippen molar-refractivity contribution in [1.29, 1.82) is 0 Å². The third-order valence-electron chi connectivity index (χ3n) is 16.6. The van der Waals surface area contributed by atoms with E-state index in [0.717, 1.165) is 4.90 Å². The predicted molar refractivity (Wildman–Crippen MR) is 290 cm³/mol. The molecule has 6 rings (SSSR count). The number of benzene rings is 1. The first-order valence-corrected chi connectivity index (χ1v) is 28.6. The summed E-state index contributed by atoms with van der Waals surface area (Å²) in [6, 6.07) is 4.71. The molecule has 4 N–H and O–H groups in total. The first kappa shape index (κ1) is 63.2. The van der Waals surface area contributed by atoms with Crippen LogP contribution in [0, 0.1) is 17.8 Å². The minimum Gasteiger partial charge on any atom is -0.477 e. The van der Waals surface area contributed by atoms with Crippen LogP contribution in [-0.4, -0.2) is 198 Å². The normalized spacial score (nSPS) is 37.4. The Morgan fingerprint density at radius 3 is 2.31 bits per heavy atom. The van der Waals surface area contributed by atoms with Gasteiger partial charge >= 0.3 is 24.1 Å². The molecule has 22 heteroatoms. The fraction of sp³-hybridized carbons (Fsp3) is 0.768. The molecule has 1 aromatic carbocycles. The summed E-state index contributed by atoms with van der Waals surface area (Å²) in [5.74, 6) is -3.91. The molecule has 18 atom stereocenters. The van der Waals surface area contributed by atoms with Crippen molar-refractivity contribution in [2.45, 2.75) is 210 Å². The standard InChI is InChI=1S/C56H88N4O17S/c1-16-41-56(11)48(76-53(67)77-56)34(7)59(14)28-30(3)26-54(9,68)47(75-52-45(63)40(58(12)13)24-31(4)70-52)32(5)46(33(6)51(66)72-41)74-43-27-55(10,69-15)49(35(8)71-43)73-42(61)20-21-57-22-23-78-36-18-19-39-37(25-36)44(62)38(50(64)65)29-60(39)17-2/h18-19,25,29-35,40-41,43,45-49,52,57,63,68H,16-17,20-24,26-28H2,1-15H3,(H,64,65)/t30-,31-,32+,33-,34-,35+,40+,41-,43+,45-,46+,47+,48-,49+,52+,54-,55-,56+/m1/s1. The summed E-state index contributed by atoms with van der Waals surface area (Å²) < 4.78 is 58.7. The number of nitrogens with zero attached hydrogens (tertiary/aromatic N) is 3. The molecule has 440 valence electrons. The van der Waals surface area contributed by atoms with Crippen LogP contribution in [0.15, 0.2) is 34.1 Å². The van der Waals surface area contributed by atoms with Crippen molar-refractivity contribution in [3.63, 3.8) is 0 Å². The number of carboxylic acid groups (broad SMARTS) is 1. The van der Waals surface area contributed by atoms with E-state index in [-0.39, 0.29) is 49.3 Å². The van der Waals surface area contributed by atoms with Crippen LogP contribution in [0.4, 0.5) is 4.79 Å². The van der Waals surface area contributed by atoms with Gasteiger partial charge in [0.15, 0.2) is 30.4 Å². The molecule has 1 aromatic heterocycles. The summed E-state index contributed by atoms with van der Waals surface area (Å²) >= 11 is 1.49. The van der Waals surface area contributed by atoms with Crippen LogP contribution in [0.2, 0.25) is 0 Å². The number of cyclic esters (lactones) is 1. The Kier molecular flexibility index (Phi) is 21.3. The van der Waals surface area contributed by atoms with Gasteiger partial charge in [-0.3, -0.25) is 19.3 Å². The quantitative estimate of drug-likeness (QED) is 0.0666. The zero-order chi connectivity index (χ0) is 57.8. The molecule has 5 heterocycles. The van der Waals surface area contributed by atoms with Crippen LogP contribution in [-0.2, 0) is 58.8 Å². The van der Waals surface area contributed by atoms with Crippen LogP contribution < -0.4 is 10.7 Å². The van der Waals surface area contributed by atoms with Crippen molar-refractivity contribution in [2.75, 3.05) is 53.6 Å². The molecule has 21 nitrogen and oxygen atoms in total. The fourth-order valence-electron chi connectivity index (χ4n) is 12.2. The number of aromatic nitrogens is 1. The van der Waals surface area contributed by atoms with Crippen LogP contribution in [0.1, 0.15) is 119 Å². The van der Waals surface area contributed by atoms with Gasteiger partial charge in [-0.1, -0.05) is 20.8 Å². The molecule has 0 radical (unpaired) electrons. The summed E-state index contributed by atoms with van der Waals surface area (Å²) in [7, 11) is 7.17. The number of thioether (sulfide) groups is 1. The topological polar surface area (TPSA) is 253 Å². The average Bonchev–Trinajstić information content (AvgIpc) is 3.73. The van der Waals surface area contributed by atoms with E-state index in [0.29, 0.717) is 49.3 Å². The summed E-state index contributed by atoms with van der Waals surface area (Å²) in [6.07, 6.45) is -7.66. The van der Waals surface area contributed by atoms with Crippen LogP contribution in [0.5, 0.6) is 0 Å². The number of carboxylic acids is 1. The summed E-state index contributed by atoms with van der Waals surface area (Å²) in [6.45, 7) is 21.8. The lowest BCUT2D eigenvalue weighted by Gasteiger charge is -2.49. The molecule has 0 aliphatic carbocycles. The Bertz CT molecular complexity index is 2460. The molecule has 4 saturated heterocycles. The number of ether oxygens (including phenoxy) is 9. The van der Waals surface area contributed by atoms with Crippen LogP contribution in [0.25, 0.3) is 10.9 Å².